The second-order valence-corrected chi connectivity index (χ2v) is 22.6. The van der Waals surface area contributed by atoms with E-state index < -0.39 is 98.9 Å². The Labute approximate surface area is 421 Å². The van der Waals surface area contributed by atoms with Crippen molar-refractivity contribution in [1.82, 2.24) is 29.8 Å². The standard InChI is InChI=1S/C45H65N9O16S2/c1-41(2,3)65-35(57)30(69-51-31(28-25-71-36(47-28)49-39(59)67-43(7,8)9)33(55)48-32-34(56)54(45(32,13)14)70-72(61,62)63)24-64-27-19-17-26(18-20-27)29-23-53(22-16-21-46-38(58)66-42(4,5)6)37(52(29)15)50-40(60)68-44(10,11)12/h17-20,23,25,30,32H,16,21-22,24H2,1-15H3,(H,46,58)(H,48,55)(H,47,49,59)(H,61,62,63)/b50-37-,51-31-. The number of hydrogen-bond acceptors (Lipinski definition) is 18. The zero-order valence-electron chi connectivity index (χ0n) is 43.0. The van der Waals surface area contributed by atoms with Crippen molar-refractivity contribution >= 4 is 68.6 Å². The van der Waals surface area contributed by atoms with Gasteiger partial charge in [-0.15, -0.1) is 20.6 Å². The summed E-state index contributed by atoms with van der Waals surface area (Å²) in [6, 6.07) is 5.23. The molecule has 0 saturated carbocycles. The number of amides is 5. The number of aryl methyl sites for hydroxylation is 1. The largest absolute Gasteiger partial charge is 0.489 e. The molecule has 1 aliphatic rings. The van der Waals surface area contributed by atoms with Crippen molar-refractivity contribution in [3.63, 3.8) is 0 Å². The van der Waals surface area contributed by atoms with Gasteiger partial charge in [-0.05, 0) is 133 Å². The summed E-state index contributed by atoms with van der Waals surface area (Å²) in [6.45, 7) is 23.0. The molecule has 398 valence electrons. The van der Waals surface area contributed by atoms with Gasteiger partial charge in [0.25, 0.3) is 17.9 Å². The van der Waals surface area contributed by atoms with E-state index in [0.29, 0.717) is 29.3 Å². The lowest BCUT2D eigenvalue weighted by Gasteiger charge is -2.50. The number of benzene rings is 1. The third-order valence-electron chi connectivity index (χ3n) is 9.21. The second kappa shape index (κ2) is 22.5. The summed E-state index contributed by atoms with van der Waals surface area (Å²) in [5, 5.41) is 13.2. The molecule has 1 aliphatic heterocycles. The number of esters is 1. The van der Waals surface area contributed by atoms with Crippen LogP contribution in [-0.4, -0.2) is 127 Å². The van der Waals surface area contributed by atoms with Crippen LogP contribution in [0.15, 0.2) is 46.0 Å². The van der Waals surface area contributed by atoms with Gasteiger partial charge >= 0.3 is 34.6 Å². The van der Waals surface area contributed by atoms with Gasteiger partial charge in [0.15, 0.2) is 10.8 Å². The Morgan fingerprint density at radius 1 is 0.875 bits per heavy atom. The number of imidazole rings is 1. The zero-order chi connectivity index (χ0) is 54.4. The quantitative estimate of drug-likeness (QED) is 0.0250. The number of aromatic nitrogens is 3. The van der Waals surface area contributed by atoms with Gasteiger partial charge in [-0.2, -0.15) is 13.5 Å². The van der Waals surface area contributed by atoms with E-state index in [1.807, 2.05) is 0 Å². The molecule has 3 heterocycles. The number of hydroxylamine groups is 2. The first-order chi connectivity index (χ1) is 32.9. The lowest BCUT2D eigenvalue weighted by atomic mass is 9.84. The number of β-lactam (4-membered cyclic amide) rings is 1. The molecule has 3 aromatic rings. The van der Waals surface area contributed by atoms with Crippen molar-refractivity contribution in [3.05, 3.63) is 47.2 Å². The predicted octanol–water partition coefficient (Wildman–Crippen LogP) is 5.40. The molecule has 4 rings (SSSR count). The number of rotatable bonds is 17. The number of anilines is 1. The van der Waals surface area contributed by atoms with E-state index in [0.717, 1.165) is 11.3 Å². The van der Waals surface area contributed by atoms with Crippen LogP contribution < -0.4 is 26.3 Å². The Morgan fingerprint density at radius 3 is 2.01 bits per heavy atom. The number of nitrogens with one attached hydrogen (secondary N) is 3. The highest BCUT2D eigenvalue weighted by atomic mass is 32.3. The van der Waals surface area contributed by atoms with E-state index in [9.17, 15) is 41.7 Å². The fraction of sp³-hybridized carbons (Fsp3) is 0.578. The SMILES string of the molecule is Cn1c(-c2ccc(OCC(O/N=C(\C(=O)NC3C(=O)N(OS(=O)(=O)O)C3(C)C)c3csc(NC(=O)OC(C)(C)C)n3)C(=O)OC(C)(C)C)cc2)cn(CCCNC(=O)OC(C)(C)C)/c1=N\C(=O)OC(C)(C)C. The van der Waals surface area contributed by atoms with E-state index in [2.05, 4.69) is 35.4 Å². The van der Waals surface area contributed by atoms with Gasteiger partial charge in [-0.25, -0.2) is 24.2 Å². The van der Waals surface area contributed by atoms with E-state index >= 15 is 0 Å². The number of oxime groups is 1. The summed E-state index contributed by atoms with van der Waals surface area (Å²) in [6.07, 6.45) is -1.62. The minimum Gasteiger partial charge on any atom is -0.489 e. The Bertz CT molecular complexity index is 2700. The van der Waals surface area contributed by atoms with Gasteiger partial charge in [0.05, 0.1) is 11.2 Å². The van der Waals surface area contributed by atoms with Crippen molar-refractivity contribution in [1.29, 1.82) is 0 Å². The van der Waals surface area contributed by atoms with Gasteiger partial charge in [-0.1, -0.05) is 5.16 Å². The molecule has 2 atom stereocenters. The predicted molar refractivity (Wildman–Crippen MR) is 260 cm³/mol. The summed E-state index contributed by atoms with van der Waals surface area (Å²) < 4.78 is 67.5. The maximum atomic E-state index is 14.0. The smallest absolute Gasteiger partial charge is 0.437 e. The molecule has 2 unspecified atom stereocenters. The Kier molecular flexibility index (Phi) is 18.1. The molecule has 1 saturated heterocycles. The first-order valence-corrected chi connectivity index (χ1v) is 24.6. The minimum atomic E-state index is -5.11. The van der Waals surface area contributed by atoms with Gasteiger partial charge < -0.3 is 48.3 Å². The highest BCUT2D eigenvalue weighted by Crippen LogP contribution is 2.33. The highest BCUT2D eigenvalue weighted by Gasteiger charge is 2.58. The maximum Gasteiger partial charge on any atom is 0.437 e. The number of carbonyl (C=O) groups excluding carboxylic acids is 6. The monoisotopic (exact) mass is 1050 g/mol. The first-order valence-electron chi connectivity index (χ1n) is 22.4. The van der Waals surface area contributed by atoms with Gasteiger partial charge in [-0.3, -0.25) is 19.5 Å². The Morgan fingerprint density at radius 2 is 1.46 bits per heavy atom. The number of hydrogen-bond donors (Lipinski definition) is 4. The van der Waals surface area contributed by atoms with Crippen LogP contribution in [0, 0.1) is 0 Å². The molecule has 27 heteroatoms. The number of nitrogens with zero attached hydrogens (tertiary/aromatic N) is 6. The molecule has 1 aromatic carbocycles. The molecule has 72 heavy (non-hydrogen) atoms. The van der Waals surface area contributed by atoms with Crippen molar-refractivity contribution in [2.24, 2.45) is 17.2 Å². The molecule has 0 radical (unpaired) electrons. The average molecular weight is 1050 g/mol. The third-order valence-corrected chi connectivity index (χ3v) is 10.3. The number of alkyl carbamates (subject to hydrolysis) is 1. The maximum absolute atomic E-state index is 14.0. The fourth-order valence-corrected chi connectivity index (χ4v) is 7.39. The topological polar surface area (TPSA) is 308 Å². The Hall–Kier alpha value is -6.58. The van der Waals surface area contributed by atoms with Crippen molar-refractivity contribution in [2.75, 3.05) is 18.5 Å². The lowest BCUT2D eigenvalue weighted by Crippen LogP contribution is -2.76. The second-order valence-electron chi connectivity index (χ2n) is 20.7. The summed E-state index contributed by atoms with van der Waals surface area (Å²) in [5.41, 5.74) is -4.10. The van der Waals surface area contributed by atoms with Crippen molar-refractivity contribution in [3.8, 4) is 17.0 Å². The summed E-state index contributed by atoms with van der Waals surface area (Å²) in [7, 11) is -3.39. The van der Waals surface area contributed by atoms with E-state index in [1.54, 1.807) is 130 Å². The summed E-state index contributed by atoms with van der Waals surface area (Å²) >= 11 is 0.872. The summed E-state index contributed by atoms with van der Waals surface area (Å²) in [4.78, 5) is 92.4. The van der Waals surface area contributed by atoms with Crippen LogP contribution in [0.5, 0.6) is 5.75 Å². The third kappa shape index (κ3) is 17.6. The summed E-state index contributed by atoms with van der Waals surface area (Å²) in [5.74, 6) is -2.83. The van der Waals surface area contributed by atoms with E-state index in [1.165, 1.54) is 19.2 Å². The fourth-order valence-electron chi connectivity index (χ4n) is 6.26. The minimum absolute atomic E-state index is 0.0330. The van der Waals surface area contributed by atoms with Gasteiger partial charge in [0, 0.05) is 31.7 Å². The molecular formula is C45H65N9O16S2. The van der Waals surface area contributed by atoms with Gasteiger partial charge in [0.2, 0.25) is 5.62 Å². The van der Waals surface area contributed by atoms with Crippen LogP contribution in [0.2, 0.25) is 0 Å². The lowest BCUT2D eigenvalue weighted by molar-refractivity contribution is -0.218. The Balaban J connectivity index is 1.63. The molecule has 4 N–H and O–H groups in total. The van der Waals surface area contributed by atoms with Crippen LogP contribution in [-0.2, 0) is 66.4 Å². The molecule has 5 amide bonds. The van der Waals surface area contributed by atoms with Crippen molar-refractivity contribution in [2.45, 2.75) is 150 Å². The van der Waals surface area contributed by atoms with Crippen molar-refractivity contribution < 1.29 is 74.5 Å². The average Bonchev–Trinajstić information content (AvgIpc) is 3.78. The molecule has 2 aromatic heterocycles. The highest BCUT2D eigenvalue weighted by molar-refractivity contribution is 7.80. The van der Waals surface area contributed by atoms with Crippen LogP contribution in [0.3, 0.4) is 0 Å². The number of carbonyl (C=O) groups is 6. The number of thiazole rings is 1. The first kappa shape index (κ1) is 58.0. The normalized spacial score (nSPS) is 16.0. The van der Waals surface area contributed by atoms with Crippen LogP contribution in [0.25, 0.3) is 11.3 Å². The zero-order valence-corrected chi connectivity index (χ0v) is 44.7. The van der Waals surface area contributed by atoms with E-state index in [-0.39, 0.29) is 28.7 Å². The van der Waals surface area contributed by atoms with E-state index in [4.69, 9.17) is 28.5 Å². The molecule has 0 aliphatic carbocycles. The molecular weight excluding hydrogens is 987 g/mol. The molecule has 25 nitrogen and oxygen atoms in total. The van der Waals surface area contributed by atoms with Crippen LogP contribution >= 0.6 is 11.3 Å². The van der Waals surface area contributed by atoms with Gasteiger partial charge in [0.1, 0.15) is 46.5 Å². The number of ether oxygens (including phenoxy) is 5. The molecule has 1 fully saturated rings. The van der Waals surface area contributed by atoms with Crippen LogP contribution in [0.1, 0.15) is 109 Å². The molecule has 0 bridgehead atoms. The molecule has 0 spiro atoms. The van der Waals surface area contributed by atoms with Crippen LogP contribution in [0.4, 0.5) is 19.5 Å².